The van der Waals surface area contributed by atoms with E-state index in [-0.39, 0.29) is 12.2 Å². The van der Waals surface area contributed by atoms with Crippen molar-refractivity contribution in [3.63, 3.8) is 0 Å². The van der Waals surface area contributed by atoms with Crippen LogP contribution in [0.4, 0.5) is 8.78 Å². The van der Waals surface area contributed by atoms with Crippen molar-refractivity contribution in [3.8, 4) is 0 Å². The summed E-state index contributed by atoms with van der Waals surface area (Å²) in [7, 11) is 0. The Bertz CT molecular complexity index is 307. The summed E-state index contributed by atoms with van der Waals surface area (Å²) in [5.41, 5.74) is 5.42. The van der Waals surface area contributed by atoms with Crippen molar-refractivity contribution in [1.82, 2.24) is 4.98 Å². The Kier molecular flexibility index (Phi) is 3.91. The molecule has 14 heavy (non-hydrogen) atoms. The lowest BCUT2D eigenvalue weighted by molar-refractivity contribution is 0.0629. The van der Waals surface area contributed by atoms with Gasteiger partial charge in [0, 0.05) is 19.2 Å². The van der Waals surface area contributed by atoms with Gasteiger partial charge in [0.15, 0.2) is 0 Å². The Labute approximate surface area is 80.9 Å². The summed E-state index contributed by atoms with van der Waals surface area (Å²) >= 11 is 0. The number of halogens is 2. The van der Waals surface area contributed by atoms with Gasteiger partial charge in [0.05, 0.1) is 6.20 Å². The Hall–Kier alpha value is -1.07. The monoisotopic (exact) mass is 202 g/mol. The standard InChI is InChI=1S/C9H12F2N2O/c1-2-14-8(4-12)9-7(11)3-6(10)5-13-9/h3,5,8H,2,4,12H2,1H3. The minimum atomic E-state index is -0.728. The first-order valence-corrected chi connectivity index (χ1v) is 4.31. The molecule has 2 N–H and O–H groups in total. The van der Waals surface area contributed by atoms with E-state index >= 15 is 0 Å². The molecule has 1 atom stereocenters. The molecule has 5 heteroatoms. The first-order chi connectivity index (χ1) is 6.69. The zero-order chi connectivity index (χ0) is 10.6. The van der Waals surface area contributed by atoms with Crippen LogP contribution in [0.25, 0.3) is 0 Å². The first kappa shape index (κ1) is 11.0. The van der Waals surface area contributed by atoms with Crippen LogP contribution in [0.3, 0.4) is 0 Å². The number of nitrogens with zero attached hydrogens (tertiary/aromatic N) is 1. The lowest BCUT2D eigenvalue weighted by atomic mass is 10.2. The van der Waals surface area contributed by atoms with Gasteiger partial charge in [-0.3, -0.25) is 4.98 Å². The van der Waals surface area contributed by atoms with Gasteiger partial charge in [-0.1, -0.05) is 0 Å². The average Bonchev–Trinajstić information content (AvgIpc) is 2.15. The first-order valence-electron chi connectivity index (χ1n) is 4.31. The molecule has 1 aromatic rings. The third kappa shape index (κ3) is 2.46. The molecule has 0 saturated carbocycles. The largest absolute Gasteiger partial charge is 0.371 e. The molecule has 0 aliphatic carbocycles. The summed E-state index contributed by atoms with van der Waals surface area (Å²) in [6.07, 6.45) is 0.334. The van der Waals surface area contributed by atoms with E-state index in [1.54, 1.807) is 6.92 Å². The van der Waals surface area contributed by atoms with Crippen molar-refractivity contribution in [2.75, 3.05) is 13.2 Å². The van der Waals surface area contributed by atoms with E-state index in [1.807, 2.05) is 0 Å². The molecule has 0 spiro atoms. The normalized spacial score (nSPS) is 12.9. The van der Waals surface area contributed by atoms with Crippen molar-refractivity contribution >= 4 is 0 Å². The zero-order valence-electron chi connectivity index (χ0n) is 7.84. The van der Waals surface area contributed by atoms with Crippen molar-refractivity contribution in [3.05, 3.63) is 29.6 Å². The average molecular weight is 202 g/mol. The summed E-state index contributed by atoms with van der Waals surface area (Å²) < 4.78 is 30.8. The Morgan fingerprint density at radius 2 is 2.29 bits per heavy atom. The highest BCUT2D eigenvalue weighted by molar-refractivity contribution is 5.11. The molecule has 78 valence electrons. The van der Waals surface area contributed by atoms with Crippen LogP contribution >= 0.6 is 0 Å². The molecule has 1 heterocycles. The highest BCUT2D eigenvalue weighted by atomic mass is 19.1. The second-order valence-corrected chi connectivity index (χ2v) is 2.70. The third-order valence-electron chi connectivity index (χ3n) is 1.72. The topological polar surface area (TPSA) is 48.1 Å². The Balaban J connectivity index is 2.92. The molecule has 0 aliphatic rings. The minimum absolute atomic E-state index is 0.0516. The molecule has 0 bridgehead atoms. The zero-order valence-corrected chi connectivity index (χ0v) is 7.84. The van der Waals surface area contributed by atoms with Crippen LogP contribution in [0.2, 0.25) is 0 Å². The fraction of sp³-hybridized carbons (Fsp3) is 0.444. The maximum atomic E-state index is 13.2. The van der Waals surface area contributed by atoms with Crippen LogP contribution in [0, 0.1) is 11.6 Å². The maximum Gasteiger partial charge on any atom is 0.150 e. The van der Waals surface area contributed by atoms with E-state index in [0.29, 0.717) is 6.61 Å². The van der Waals surface area contributed by atoms with E-state index in [1.165, 1.54) is 0 Å². The second kappa shape index (κ2) is 4.97. The fourth-order valence-electron chi connectivity index (χ4n) is 1.12. The van der Waals surface area contributed by atoms with E-state index in [4.69, 9.17) is 10.5 Å². The third-order valence-corrected chi connectivity index (χ3v) is 1.72. The summed E-state index contributed by atoms with van der Waals surface area (Å²) in [4.78, 5) is 3.61. The van der Waals surface area contributed by atoms with Crippen molar-refractivity contribution in [2.24, 2.45) is 5.73 Å². The molecule has 0 fully saturated rings. The molecule has 0 saturated heterocycles. The number of nitrogens with two attached hydrogens (primary N) is 1. The second-order valence-electron chi connectivity index (χ2n) is 2.70. The van der Waals surface area contributed by atoms with Gasteiger partial charge in [0.2, 0.25) is 0 Å². The van der Waals surface area contributed by atoms with Crippen LogP contribution in [-0.4, -0.2) is 18.1 Å². The summed E-state index contributed by atoms with van der Waals surface area (Å²) in [6.45, 7) is 2.29. The molecule has 0 aromatic carbocycles. The van der Waals surface area contributed by atoms with E-state index < -0.39 is 17.7 Å². The van der Waals surface area contributed by atoms with Gasteiger partial charge in [0.25, 0.3) is 0 Å². The van der Waals surface area contributed by atoms with Gasteiger partial charge < -0.3 is 10.5 Å². The molecule has 1 unspecified atom stereocenters. The Morgan fingerprint density at radius 3 is 2.79 bits per heavy atom. The number of aromatic nitrogens is 1. The van der Waals surface area contributed by atoms with Crippen molar-refractivity contribution < 1.29 is 13.5 Å². The number of hydrogen-bond donors (Lipinski definition) is 1. The highest BCUT2D eigenvalue weighted by Gasteiger charge is 2.16. The van der Waals surface area contributed by atoms with E-state index in [2.05, 4.69) is 4.98 Å². The highest BCUT2D eigenvalue weighted by Crippen LogP contribution is 2.17. The summed E-state index contributed by atoms with van der Waals surface area (Å²) in [5.74, 6) is -1.44. The summed E-state index contributed by atoms with van der Waals surface area (Å²) in [6, 6.07) is 0.768. The number of pyridine rings is 1. The SMILES string of the molecule is CCOC(CN)c1ncc(F)cc1F. The number of hydrogen-bond acceptors (Lipinski definition) is 3. The smallest absolute Gasteiger partial charge is 0.150 e. The van der Waals surface area contributed by atoms with Gasteiger partial charge in [0.1, 0.15) is 23.4 Å². The predicted molar refractivity (Wildman–Crippen MR) is 47.6 cm³/mol. The van der Waals surface area contributed by atoms with Gasteiger partial charge in [-0.25, -0.2) is 8.78 Å². The van der Waals surface area contributed by atoms with Gasteiger partial charge in [-0.05, 0) is 6.92 Å². The van der Waals surface area contributed by atoms with Crippen LogP contribution in [0.5, 0.6) is 0 Å². The number of rotatable bonds is 4. The number of ether oxygens (including phenoxy) is 1. The van der Waals surface area contributed by atoms with Crippen LogP contribution in [0.15, 0.2) is 12.3 Å². The van der Waals surface area contributed by atoms with Crippen LogP contribution in [-0.2, 0) is 4.74 Å². The Morgan fingerprint density at radius 1 is 1.57 bits per heavy atom. The molecular formula is C9H12F2N2O. The van der Waals surface area contributed by atoms with Crippen molar-refractivity contribution in [1.29, 1.82) is 0 Å². The lowest BCUT2D eigenvalue weighted by Crippen LogP contribution is -2.18. The van der Waals surface area contributed by atoms with Gasteiger partial charge in [-0.15, -0.1) is 0 Å². The van der Waals surface area contributed by atoms with Gasteiger partial charge in [-0.2, -0.15) is 0 Å². The predicted octanol–water partition coefficient (Wildman–Crippen LogP) is 1.40. The van der Waals surface area contributed by atoms with Crippen LogP contribution in [0.1, 0.15) is 18.7 Å². The molecule has 0 radical (unpaired) electrons. The quantitative estimate of drug-likeness (QED) is 0.802. The van der Waals surface area contributed by atoms with Crippen LogP contribution < -0.4 is 5.73 Å². The molecule has 0 aliphatic heterocycles. The van der Waals surface area contributed by atoms with E-state index in [0.717, 1.165) is 12.3 Å². The molecular weight excluding hydrogens is 190 g/mol. The van der Waals surface area contributed by atoms with E-state index in [9.17, 15) is 8.78 Å². The van der Waals surface area contributed by atoms with Gasteiger partial charge >= 0.3 is 0 Å². The minimum Gasteiger partial charge on any atom is -0.371 e. The molecule has 0 amide bonds. The molecule has 1 aromatic heterocycles. The summed E-state index contributed by atoms with van der Waals surface area (Å²) in [5, 5.41) is 0. The fourth-order valence-corrected chi connectivity index (χ4v) is 1.12. The molecule has 1 rings (SSSR count). The molecule has 3 nitrogen and oxygen atoms in total. The lowest BCUT2D eigenvalue weighted by Gasteiger charge is -2.14. The van der Waals surface area contributed by atoms with Crippen molar-refractivity contribution in [2.45, 2.75) is 13.0 Å². The maximum absolute atomic E-state index is 13.2.